The maximum absolute atomic E-state index is 13.1. The third kappa shape index (κ3) is 3.79. The van der Waals surface area contributed by atoms with Gasteiger partial charge >= 0.3 is 5.97 Å². The molecule has 2 aromatic carbocycles. The number of rotatable bonds is 6. The number of fused-ring (bicyclic) bond motifs is 1. The van der Waals surface area contributed by atoms with Crippen LogP contribution < -0.4 is 5.32 Å². The molecule has 3 rings (SSSR count). The minimum Gasteiger partial charge on any atom is -0.457 e. The highest BCUT2D eigenvalue weighted by Gasteiger charge is 2.33. The summed E-state index contributed by atoms with van der Waals surface area (Å²) in [6.07, 6.45) is 2.43. The van der Waals surface area contributed by atoms with Gasteiger partial charge in [0.1, 0.15) is 6.61 Å². The Kier molecular flexibility index (Phi) is 5.12. The summed E-state index contributed by atoms with van der Waals surface area (Å²) < 4.78 is 5.03. The summed E-state index contributed by atoms with van der Waals surface area (Å²) in [5, 5.41) is 3.04. The number of aryl methyl sites for hydroxylation is 1. The highest BCUT2D eigenvalue weighted by Crippen LogP contribution is 2.31. The largest absolute Gasteiger partial charge is 0.457 e. The van der Waals surface area contributed by atoms with Gasteiger partial charge in [-0.3, -0.25) is 4.79 Å². The number of hydrogen-bond acceptors (Lipinski definition) is 3. The van der Waals surface area contributed by atoms with Crippen LogP contribution in [0.3, 0.4) is 0 Å². The number of hydrogen-bond donors (Lipinski definition) is 1. The molecule has 0 aliphatic carbocycles. The molecule has 4 nitrogen and oxygen atoms in total. The molecule has 2 aromatic rings. The molecule has 26 heavy (non-hydrogen) atoms. The maximum Gasteiger partial charge on any atom is 0.338 e. The zero-order valence-corrected chi connectivity index (χ0v) is 15.6. The second-order valence-corrected chi connectivity index (χ2v) is 7.38. The number of amides is 1. The number of nitrogens with one attached hydrogen (secondary N) is 1. The van der Waals surface area contributed by atoms with E-state index in [2.05, 4.69) is 37.4 Å². The van der Waals surface area contributed by atoms with Crippen LogP contribution in [0.2, 0.25) is 0 Å². The summed E-state index contributed by atoms with van der Waals surface area (Å²) in [5.74, 6) is -0.292. The molecular formula is C22H25NO3. The monoisotopic (exact) mass is 351 g/mol. The molecule has 1 aliphatic rings. The van der Waals surface area contributed by atoms with Crippen LogP contribution in [0.15, 0.2) is 42.5 Å². The van der Waals surface area contributed by atoms with E-state index in [1.165, 1.54) is 11.1 Å². The molecule has 0 saturated heterocycles. The first-order valence-electron chi connectivity index (χ1n) is 9.08. The topological polar surface area (TPSA) is 55.4 Å². The van der Waals surface area contributed by atoms with E-state index in [1.54, 1.807) is 12.1 Å². The summed E-state index contributed by atoms with van der Waals surface area (Å²) in [6.45, 7) is 6.45. The Morgan fingerprint density at radius 1 is 1.23 bits per heavy atom. The first-order valence-corrected chi connectivity index (χ1v) is 9.08. The summed E-state index contributed by atoms with van der Waals surface area (Å²) in [4.78, 5) is 24.6. The van der Waals surface area contributed by atoms with Gasteiger partial charge in [0.2, 0.25) is 5.91 Å². The SMILES string of the molecule is CCCC(C)(Cc1cccc(C)c1)C(=O)Nc1ccc2c(c1)COC2=O. The fourth-order valence-corrected chi connectivity index (χ4v) is 3.60. The number of benzene rings is 2. The molecule has 0 aromatic heterocycles. The van der Waals surface area contributed by atoms with Crippen molar-refractivity contribution in [3.63, 3.8) is 0 Å². The van der Waals surface area contributed by atoms with Crippen LogP contribution in [-0.4, -0.2) is 11.9 Å². The molecule has 136 valence electrons. The van der Waals surface area contributed by atoms with Crippen molar-refractivity contribution in [3.05, 3.63) is 64.7 Å². The van der Waals surface area contributed by atoms with Gasteiger partial charge in [0.15, 0.2) is 0 Å². The summed E-state index contributed by atoms with van der Waals surface area (Å²) in [6, 6.07) is 13.6. The van der Waals surface area contributed by atoms with Crippen LogP contribution in [0, 0.1) is 12.3 Å². The van der Waals surface area contributed by atoms with Gasteiger partial charge in [0, 0.05) is 11.3 Å². The Bertz CT molecular complexity index is 843. The molecule has 1 amide bonds. The van der Waals surface area contributed by atoms with Gasteiger partial charge in [-0.2, -0.15) is 0 Å². The van der Waals surface area contributed by atoms with Crippen molar-refractivity contribution in [1.82, 2.24) is 0 Å². The number of carbonyl (C=O) groups is 2. The van der Waals surface area contributed by atoms with Crippen LogP contribution in [-0.2, 0) is 22.6 Å². The van der Waals surface area contributed by atoms with Crippen molar-refractivity contribution < 1.29 is 14.3 Å². The van der Waals surface area contributed by atoms with Gasteiger partial charge in [-0.25, -0.2) is 4.79 Å². The Morgan fingerprint density at radius 3 is 2.77 bits per heavy atom. The summed E-state index contributed by atoms with van der Waals surface area (Å²) >= 11 is 0. The average Bonchev–Trinajstić information content (AvgIpc) is 2.95. The minimum absolute atomic E-state index is 0.00560. The lowest BCUT2D eigenvalue weighted by Gasteiger charge is -2.28. The lowest BCUT2D eigenvalue weighted by molar-refractivity contribution is -0.125. The fourth-order valence-electron chi connectivity index (χ4n) is 3.60. The molecule has 1 unspecified atom stereocenters. The van der Waals surface area contributed by atoms with E-state index in [-0.39, 0.29) is 18.5 Å². The van der Waals surface area contributed by atoms with E-state index < -0.39 is 5.41 Å². The van der Waals surface area contributed by atoms with Gasteiger partial charge in [-0.05, 0) is 43.5 Å². The van der Waals surface area contributed by atoms with Crippen molar-refractivity contribution in [2.75, 3.05) is 5.32 Å². The Balaban J connectivity index is 1.79. The first-order chi connectivity index (χ1) is 12.4. The third-order valence-electron chi connectivity index (χ3n) is 4.97. The number of ether oxygens (including phenoxy) is 1. The summed E-state index contributed by atoms with van der Waals surface area (Å²) in [5.41, 5.74) is 3.99. The zero-order chi connectivity index (χ0) is 18.7. The molecule has 1 heterocycles. The van der Waals surface area contributed by atoms with Crippen LogP contribution in [0.1, 0.15) is 53.7 Å². The van der Waals surface area contributed by atoms with Gasteiger partial charge < -0.3 is 10.1 Å². The van der Waals surface area contributed by atoms with Crippen LogP contribution in [0.25, 0.3) is 0 Å². The number of cyclic esters (lactones) is 1. The van der Waals surface area contributed by atoms with Crippen molar-refractivity contribution in [2.24, 2.45) is 5.41 Å². The molecule has 0 bridgehead atoms. The first kappa shape index (κ1) is 18.2. The van der Waals surface area contributed by atoms with Gasteiger partial charge in [-0.1, -0.05) is 50.1 Å². The zero-order valence-electron chi connectivity index (χ0n) is 15.6. The van der Waals surface area contributed by atoms with Crippen molar-refractivity contribution >= 4 is 17.6 Å². The quantitative estimate of drug-likeness (QED) is 0.771. The second-order valence-electron chi connectivity index (χ2n) is 7.38. The Hall–Kier alpha value is -2.62. The highest BCUT2D eigenvalue weighted by molar-refractivity contribution is 5.97. The van der Waals surface area contributed by atoms with Crippen LogP contribution in [0.4, 0.5) is 5.69 Å². The standard InChI is InChI=1S/C22H25NO3/c1-4-10-22(3,13-16-7-5-6-15(2)11-16)21(25)23-18-8-9-19-17(12-18)14-26-20(19)24/h5-9,11-12H,4,10,13-14H2,1-3H3,(H,23,25). The predicted molar refractivity (Wildman–Crippen MR) is 102 cm³/mol. The van der Waals surface area contributed by atoms with Crippen molar-refractivity contribution in [2.45, 2.75) is 46.6 Å². The Morgan fingerprint density at radius 2 is 2.04 bits per heavy atom. The number of anilines is 1. The minimum atomic E-state index is -0.492. The molecule has 0 spiro atoms. The predicted octanol–water partition coefficient (Wildman–Crippen LogP) is 4.65. The van der Waals surface area contributed by atoms with E-state index in [0.717, 1.165) is 18.4 Å². The molecule has 1 N–H and O–H groups in total. The summed E-state index contributed by atoms with van der Waals surface area (Å²) in [7, 11) is 0. The molecule has 1 atom stereocenters. The van der Waals surface area contributed by atoms with Crippen molar-refractivity contribution in [1.29, 1.82) is 0 Å². The molecule has 0 radical (unpaired) electrons. The Labute approximate surface area is 154 Å². The fraction of sp³-hybridized carbons (Fsp3) is 0.364. The van der Waals surface area contributed by atoms with Crippen LogP contribution in [0.5, 0.6) is 0 Å². The third-order valence-corrected chi connectivity index (χ3v) is 4.97. The van der Waals surface area contributed by atoms with E-state index >= 15 is 0 Å². The van der Waals surface area contributed by atoms with Crippen molar-refractivity contribution in [3.8, 4) is 0 Å². The maximum atomic E-state index is 13.1. The van der Waals surface area contributed by atoms with E-state index in [0.29, 0.717) is 17.7 Å². The van der Waals surface area contributed by atoms with E-state index in [4.69, 9.17) is 4.74 Å². The highest BCUT2D eigenvalue weighted by atomic mass is 16.5. The van der Waals surface area contributed by atoms with E-state index in [9.17, 15) is 9.59 Å². The normalized spacial score (nSPS) is 15.1. The smallest absolute Gasteiger partial charge is 0.338 e. The molecule has 0 saturated carbocycles. The average molecular weight is 351 g/mol. The van der Waals surface area contributed by atoms with Crippen LogP contribution >= 0.6 is 0 Å². The molecule has 4 heteroatoms. The number of esters is 1. The lowest BCUT2D eigenvalue weighted by Crippen LogP contribution is -2.35. The lowest BCUT2D eigenvalue weighted by atomic mass is 9.78. The van der Waals surface area contributed by atoms with Gasteiger partial charge in [-0.15, -0.1) is 0 Å². The second kappa shape index (κ2) is 7.32. The van der Waals surface area contributed by atoms with Gasteiger partial charge in [0.25, 0.3) is 0 Å². The van der Waals surface area contributed by atoms with Gasteiger partial charge in [0.05, 0.1) is 11.0 Å². The molecule has 0 fully saturated rings. The molecule has 1 aliphatic heterocycles. The molecular weight excluding hydrogens is 326 g/mol. The van der Waals surface area contributed by atoms with E-state index in [1.807, 2.05) is 19.1 Å². The number of carbonyl (C=O) groups excluding carboxylic acids is 2.